The summed E-state index contributed by atoms with van der Waals surface area (Å²) in [5.41, 5.74) is 0.911. The van der Waals surface area contributed by atoms with E-state index in [1.165, 1.54) is 11.3 Å². The minimum atomic E-state index is -3.48. The van der Waals surface area contributed by atoms with Gasteiger partial charge in [-0.3, -0.25) is 0 Å². The topological polar surface area (TPSA) is 79.3 Å². The normalized spacial score (nSPS) is 11.7. The van der Waals surface area contributed by atoms with Gasteiger partial charge in [0.25, 0.3) is 0 Å². The van der Waals surface area contributed by atoms with Gasteiger partial charge < -0.3 is 5.11 Å². The third kappa shape index (κ3) is 4.11. The molecule has 1 aromatic carbocycles. The number of nitrogens with zero attached hydrogens (tertiary/aromatic N) is 1. The van der Waals surface area contributed by atoms with Crippen LogP contribution in [0.3, 0.4) is 0 Å². The van der Waals surface area contributed by atoms with Crippen LogP contribution >= 0.6 is 11.3 Å². The molecular weight excluding hydrogens is 296 g/mol. The van der Waals surface area contributed by atoms with Gasteiger partial charge in [0.2, 0.25) is 10.0 Å². The molecule has 0 saturated carbocycles. The van der Waals surface area contributed by atoms with Gasteiger partial charge in [-0.05, 0) is 24.1 Å². The molecule has 108 valence electrons. The van der Waals surface area contributed by atoms with Gasteiger partial charge in [-0.2, -0.15) is 0 Å². The van der Waals surface area contributed by atoms with Crippen molar-refractivity contribution in [2.75, 3.05) is 13.2 Å². The zero-order valence-electron chi connectivity index (χ0n) is 10.8. The average Bonchev–Trinajstić information content (AvgIpc) is 2.93. The van der Waals surface area contributed by atoms with Crippen molar-refractivity contribution in [2.24, 2.45) is 0 Å². The summed E-state index contributed by atoms with van der Waals surface area (Å²) in [7, 11) is -3.48. The first-order valence-electron chi connectivity index (χ1n) is 6.19. The molecule has 2 aromatic rings. The van der Waals surface area contributed by atoms with E-state index in [1.807, 2.05) is 5.38 Å². The Balaban J connectivity index is 1.95. The van der Waals surface area contributed by atoms with Crippen LogP contribution in [0.4, 0.5) is 0 Å². The lowest BCUT2D eigenvalue weighted by Crippen LogP contribution is -2.26. The Morgan fingerprint density at radius 2 is 1.95 bits per heavy atom. The molecule has 0 unspecified atom stereocenters. The van der Waals surface area contributed by atoms with Crippen LogP contribution in [0.15, 0.2) is 40.7 Å². The second kappa shape index (κ2) is 6.94. The number of aliphatic hydroxyl groups excluding tert-OH is 1. The van der Waals surface area contributed by atoms with E-state index >= 15 is 0 Å². The molecule has 2 rings (SSSR count). The van der Waals surface area contributed by atoms with E-state index in [0.29, 0.717) is 19.4 Å². The Kier molecular flexibility index (Phi) is 5.24. The molecule has 0 bridgehead atoms. The predicted molar refractivity (Wildman–Crippen MR) is 78.2 cm³/mol. The van der Waals surface area contributed by atoms with Gasteiger partial charge in [0.05, 0.1) is 9.90 Å². The minimum absolute atomic E-state index is 0.0537. The maximum Gasteiger partial charge on any atom is 0.240 e. The van der Waals surface area contributed by atoms with Gasteiger partial charge in [-0.15, -0.1) is 11.3 Å². The lowest BCUT2D eigenvalue weighted by atomic mass is 10.2. The molecule has 0 aliphatic rings. The van der Waals surface area contributed by atoms with Crippen molar-refractivity contribution < 1.29 is 13.5 Å². The molecule has 7 heteroatoms. The molecule has 0 aliphatic heterocycles. The molecule has 0 radical (unpaired) electrons. The molecule has 0 fully saturated rings. The molecule has 20 heavy (non-hydrogen) atoms. The maximum absolute atomic E-state index is 12.1. The number of thiazole rings is 1. The summed E-state index contributed by atoms with van der Waals surface area (Å²) in [6.07, 6.45) is 2.81. The van der Waals surface area contributed by atoms with Crippen molar-refractivity contribution in [3.8, 4) is 0 Å². The van der Waals surface area contributed by atoms with Crippen molar-refractivity contribution in [1.29, 1.82) is 0 Å². The Labute approximate surface area is 122 Å². The molecule has 2 N–H and O–H groups in total. The van der Waals surface area contributed by atoms with Gasteiger partial charge >= 0.3 is 0 Å². The standard InChI is InChI=1S/C13H16N2O3S2/c16-9-6-11-1-3-12(4-2-11)20(17,18)15-7-5-13-14-8-10-19-13/h1-4,8,10,15-16H,5-7,9H2. The highest BCUT2D eigenvalue weighted by atomic mass is 32.2. The lowest BCUT2D eigenvalue weighted by Gasteiger charge is -2.06. The summed E-state index contributed by atoms with van der Waals surface area (Å²) in [4.78, 5) is 4.34. The molecule has 1 aromatic heterocycles. The number of aromatic nitrogens is 1. The largest absolute Gasteiger partial charge is 0.396 e. The SMILES string of the molecule is O=S(=O)(NCCc1nccs1)c1ccc(CCO)cc1. The summed E-state index contributed by atoms with van der Waals surface area (Å²) >= 11 is 1.51. The summed E-state index contributed by atoms with van der Waals surface area (Å²) in [6, 6.07) is 6.53. The lowest BCUT2D eigenvalue weighted by molar-refractivity contribution is 0.299. The number of aliphatic hydroxyl groups is 1. The highest BCUT2D eigenvalue weighted by Gasteiger charge is 2.13. The molecule has 0 amide bonds. The molecule has 0 aliphatic carbocycles. The van der Waals surface area contributed by atoms with Crippen molar-refractivity contribution in [3.63, 3.8) is 0 Å². The zero-order valence-corrected chi connectivity index (χ0v) is 12.5. The number of benzene rings is 1. The van der Waals surface area contributed by atoms with Crippen LogP contribution in [0.1, 0.15) is 10.6 Å². The quantitative estimate of drug-likeness (QED) is 0.805. The summed E-state index contributed by atoms with van der Waals surface area (Å²) in [5, 5.41) is 11.6. The molecule has 1 heterocycles. The average molecular weight is 312 g/mol. The van der Waals surface area contributed by atoms with Crippen molar-refractivity contribution >= 4 is 21.4 Å². The van der Waals surface area contributed by atoms with Gasteiger partial charge in [-0.1, -0.05) is 12.1 Å². The van der Waals surface area contributed by atoms with Crippen LogP contribution in [-0.2, 0) is 22.9 Å². The second-order valence-corrected chi connectivity index (χ2v) is 6.94. The van der Waals surface area contributed by atoms with E-state index in [-0.39, 0.29) is 11.5 Å². The van der Waals surface area contributed by atoms with Gasteiger partial charge in [0, 0.05) is 31.1 Å². The Bertz CT molecular complexity index is 622. The predicted octanol–water partition coefficient (Wildman–Crippen LogP) is 1.20. The van der Waals surface area contributed by atoms with E-state index in [2.05, 4.69) is 9.71 Å². The molecule has 0 spiro atoms. The monoisotopic (exact) mass is 312 g/mol. The number of hydrogen-bond donors (Lipinski definition) is 2. The fourth-order valence-corrected chi connectivity index (χ4v) is 3.37. The zero-order chi connectivity index (χ0) is 14.4. The van der Waals surface area contributed by atoms with E-state index < -0.39 is 10.0 Å². The van der Waals surface area contributed by atoms with Crippen LogP contribution in [0.25, 0.3) is 0 Å². The molecule has 5 nitrogen and oxygen atoms in total. The van der Waals surface area contributed by atoms with Crippen molar-refractivity contribution in [3.05, 3.63) is 46.4 Å². The van der Waals surface area contributed by atoms with Gasteiger partial charge in [-0.25, -0.2) is 18.1 Å². The summed E-state index contributed by atoms with van der Waals surface area (Å²) < 4.78 is 26.7. The van der Waals surface area contributed by atoms with Gasteiger partial charge in [0.15, 0.2) is 0 Å². The smallest absolute Gasteiger partial charge is 0.240 e. The van der Waals surface area contributed by atoms with Crippen LogP contribution in [0.5, 0.6) is 0 Å². The van der Waals surface area contributed by atoms with E-state index in [1.54, 1.807) is 30.5 Å². The van der Waals surface area contributed by atoms with E-state index in [0.717, 1.165) is 10.6 Å². The maximum atomic E-state index is 12.1. The van der Waals surface area contributed by atoms with Crippen LogP contribution in [0.2, 0.25) is 0 Å². The first-order chi connectivity index (χ1) is 9.62. The summed E-state index contributed by atoms with van der Waals surface area (Å²) in [6.45, 7) is 0.381. The van der Waals surface area contributed by atoms with E-state index in [4.69, 9.17) is 5.11 Å². The fourth-order valence-electron chi connectivity index (χ4n) is 1.72. The minimum Gasteiger partial charge on any atom is -0.396 e. The second-order valence-electron chi connectivity index (χ2n) is 4.19. The molecule has 0 atom stereocenters. The first-order valence-corrected chi connectivity index (χ1v) is 8.56. The van der Waals surface area contributed by atoms with Crippen molar-refractivity contribution in [2.45, 2.75) is 17.7 Å². The fraction of sp³-hybridized carbons (Fsp3) is 0.308. The highest BCUT2D eigenvalue weighted by Crippen LogP contribution is 2.11. The number of nitrogens with one attached hydrogen (secondary N) is 1. The van der Waals surface area contributed by atoms with Crippen molar-refractivity contribution in [1.82, 2.24) is 9.71 Å². The Morgan fingerprint density at radius 1 is 1.20 bits per heavy atom. The third-order valence-corrected chi connectivity index (χ3v) is 5.06. The third-order valence-electron chi connectivity index (χ3n) is 2.75. The molecule has 0 saturated heterocycles. The highest BCUT2D eigenvalue weighted by molar-refractivity contribution is 7.89. The van der Waals surface area contributed by atoms with E-state index in [9.17, 15) is 8.42 Å². The van der Waals surface area contributed by atoms with Crippen LogP contribution in [-0.4, -0.2) is 31.7 Å². The van der Waals surface area contributed by atoms with Crippen LogP contribution in [0, 0.1) is 0 Å². The molecular formula is C13H16N2O3S2. The number of hydrogen-bond acceptors (Lipinski definition) is 5. The van der Waals surface area contributed by atoms with Gasteiger partial charge in [0.1, 0.15) is 0 Å². The first kappa shape index (κ1) is 15.1. The Morgan fingerprint density at radius 3 is 2.55 bits per heavy atom. The number of sulfonamides is 1. The Hall–Kier alpha value is -1.28. The summed E-state index contributed by atoms with van der Waals surface area (Å²) in [5.74, 6) is 0. The van der Waals surface area contributed by atoms with Crippen LogP contribution < -0.4 is 4.72 Å². The number of rotatable bonds is 7.